The lowest BCUT2D eigenvalue weighted by Crippen LogP contribution is -2.35. The first-order chi connectivity index (χ1) is 9.91. The number of nitrogens with one attached hydrogen (secondary N) is 2. The molecule has 1 fully saturated rings. The van der Waals surface area contributed by atoms with Gasteiger partial charge in [0.1, 0.15) is 5.82 Å². The summed E-state index contributed by atoms with van der Waals surface area (Å²) in [6.07, 6.45) is -1.29. The van der Waals surface area contributed by atoms with Gasteiger partial charge in [-0.1, -0.05) is 6.42 Å². The van der Waals surface area contributed by atoms with Crippen LogP contribution in [0.1, 0.15) is 36.0 Å². The van der Waals surface area contributed by atoms with Crippen molar-refractivity contribution < 1.29 is 18.0 Å². The number of aromatic nitrogens is 1. The van der Waals surface area contributed by atoms with Crippen molar-refractivity contribution in [1.29, 1.82) is 0 Å². The Morgan fingerprint density at radius 2 is 2.14 bits per heavy atom. The van der Waals surface area contributed by atoms with Gasteiger partial charge in [0.15, 0.2) is 0 Å². The van der Waals surface area contributed by atoms with Crippen LogP contribution in [0.2, 0.25) is 0 Å². The fourth-order valence-corrected chi connectivity index (χ4v) is 2.65. The molecule has 0 spiro atoms. The zero-order valence-corrected chi connectivity index (χ0v) is 11.7. The first kappa shape index (κ1) is 15.6. The molecule has 7 heteroatoms. The molecule has 21 heavy (non-hydrogen) atoms. The highest BCUT2D eigenvalue weighted by atomic mass is 19.4. The van der Waals surface area contributed by atoms with Gasteiger partial charge in [0.25, 0.3) is 5.91 Å². The minimum absolute atomic E-state index is 0.0211. The smallest absolute Gasteiger partial charge is 0.367 e. The van der Waals surface area contributed by atoms with E-state index in [2.05, 4.69) is 15.6 Å². The van der Waals surface area contributed by atoms with Crippen molar-refractivity contribution in [2.75, 3.05) is 12.4 Å². The average molecular weight is 301 g/mol. The summed E-state index contributed by atoms with van der Waals surface area (Å²) in [5.74, 6) is -1.26. The topological polar surface area (TPSA) is 54.0 Å². The largest absolute Gasteiger partial charge is 0.391 e. The number of amides is 1. The van der Waals surface area contributed by atoms with Gasteiger partial charge in [-0.15, -0.1) is 0 Å². The van der Waals surface area contributed by atoms with Crippen LogP contribution in [0.3, 0.4) is 0 Å². The normalized spacial score (nSPS) is 22.7. The number of anilines is 1. The summed E-state index contributed by atoms with van der Waals surface area (Å²) in [5, 5.41) is 5.49. The van der Waals surface area contributed by atoms with E-state index in [-0.39, 0.29) is 24.8 Å². The van der Waals surface area contributed by atoms with E-state index in [0.29, 0.717) is 24.2 Å². The molecule has 0 bridgehead atoms. The van der Waals surface area contributed by atoms with Gasteiger partial charge in [-0.25, -0.2) is 4.98 Å². The molecule has 1 heterocycles. The Morgan fingerprint density at radius 3 is 2.81 bits per heavy atom. The zero-order valence-electron chi connectivity index (χ0n) is 11.7. The molecule has 0 radical (unpaired) electrons. The molecule has 0 aromatic carbocycles. The van der Waals surface area contributed by atoms with Crippen molar-refractivity contribution in [3.63, 3.8) is 0 Å². The fraction of sp³-hybridized carbons (Fsp3) is 0.571. The quantitative estimate of drug-likeness (QED) is 0.902. The summed E-state index contributed by atoms with van der Waals surface area (Å²) in [7, 11) is 1.50. The average Bonchev–Trinajstić information content (AvgIpc) is 2.46. The van der Waals surface area contributed by atoms with Gasteiger partial charge in [-0.05, 0) is 31.4 Å². The van der Waals surface area contributed by atoms with Gasteiger partial charge >= 0.3 is 6.18 Å². The molecule has 4 nitrogen and oxygen atoms in total. The number of pyridine rings is 1. The van der Waals surface area contributed by atoms with E-state index in [1.165, 1.54) is 13.2 Å². The van der Waals surface area contributed by atoms with Crippen molar-refractivity contribution in [2.45, 2.75) is 37.9 Å². The van der Waals surface area contributed by atoms with Crippen LogP contribution in [0.5, 0.6) is 0 Å². The molecular formula is C14H18F3N3O. The molecule has 2 unspecified atom stereocenters. The number of halogens is 3. The van der Waals surface area contributed by atoms with E-state index in [1.807, 2.05) is 0 Å². The molecule has 1 aromatic rings. The number of hydrogen-bond donors (Lipinski definition) is 2. The maximum Gasteiger partial charge on any atom is 0.391 e. The predicted molar refractivity (Wildman–Crippen MR) is 73.1 cm³/mol. The third-order valence-corrected chi connectivity index (χ3v) is 3.76. The summed E-state index contributed by atoms with van der Waals surface area (Å²) < 4.78 is 38.4. The molecule has 1 saturated carbocycles. The number of nitrogens with zero attached hydrogens (tertiary/aromatic N) is 1. The Labute approximate surface area is 121 Å². The van der Waals surface area contributed by atoms with Crippen molar-refractivity contribution in [3.05, 3.63) is 23.9 Å². The molecule has 2 N–H and O–H groups in total. The second-order valence-electron chi connectivity index (χ2n) is 5.23. The molecule has 1 aromatic heterocycles. The second-order valence-corrected chi connectivity index (χ2v) is 5.23. The Bertz CT molecular complexity index is 504. The second kappa shape index (κ2) is 6.32. The summed E-state index contributed by atoms with van der Waals surface area (Å²) >= 11 is 0. The molecule has 116 valence electrons. The van der Waals surface area contributed by atoms with Crippen LogP contribution >= 0.6 is 0 Å². The maximum absolute atomic E-state index is 12.8. The van der Waals surface area contributed by atoms with E-state index in [1.54, 1.807) is 12.1 Å². The number of carbonyl (C=O) groups excluding carboxylic acids is 1. The lowest BCUT2D eigenvalue weighted by molar-refractivity contribution is -0.182. The lowest BCUT2D eigenvalue weighted by Gasteiger charge is -2.31. The fourth-order valence-electron chi connectivity index (χ4n) is 2.65. The summed E-state index contributed by atoms with van der Waals surface area (Å²) in [6.45, 7) is 0. The maximum atomic E-state index is 12.8. The Balaban J connectivity index is 2.10. The highest BCUT2D eigenvalue weighted by Crippen LogP contribution is 2.38. The highest BCUT2D eigenvalue weighted by molar-refractivity contribution is 5.98. The molecule has 1 aliphatic carbocycles. The molecule has 2 rings (SSSR count). The molecule has 0 aliphatic heterocycles. The molecular weight excluding hydrogens is 283 g/mol. The third-order valence-electron chi connectivity index (χ3n) is 3.76. The zero-order chi connectivity index (χ0) is 15.5. The predicted octanol–water partition coefficient (Wildman–Crippen LogP) is 2.97. The van der Waals surface area contributed by atoms with Gasteiger partial charge in [-0.3, -0.25) is 4.79 Å². The molecule has 2 atom stereocenters. The first-order valence-electron chi connectivity index (χ1n) is 6.92. The van der Waals surface area contributed by atoms with E-state index in [0.717, 1.165) is 0 Å². The van der Waals surface area contributed by atoms with Crippen LogP contribution in [0.15, 0.2) is 18.3 Å². The van der Waals surface area contributed by atoms with Gasteiger partial charge < -0.3 is 10.6 Å². The third kappa shape index (κ3) is 3.86. The van der Waals surface area contributed by atoms with Crippen LogP contribution in [0.4, 0.5) is 19.0 Å². The Kier molecular flexibility index (Phi) is 4.69. The van der Waals surface area contributed by atoms with Crippen LogP contribution in [0, 0.1) is 5.92 Å². The van der Waals surface area contributed by atoms with Gasteiger partial charge in [0.2, 0.25) is 0 Å². The minimum atomic E-state index is -4.16. The monoisotopic (exact) mass is 301 g/mol. The number of rotatable bonds is 3. The summed E-state index contributed by atoms with van der Waals surface area (Å²) in [5.41, 5.74) is 0.342. The van der Waals surface area contributed by atoms with Crippen molar-refractivity contribution in [2.24, 2.45) is 5.92 Å². The van der Waals surface area contributed by atoms with Crippen molar-refractivity contribution >= 4 is 11.7 Å². The highest BCUT2D eigenvalue weighted by Gasteiger charge is 2.42. The standard InChI is InChI=1S/C14H18F3N3O/c1-18-13(21)11-6-3-7-19-12(11)20-10-5-2-4-9(8-10)14(15,16)17/h3,6-7,9-10H,2,4-5,8H2,1H3,(H,18,21)(H,19,20). The van der Waals surface area contributed by atoms with Gasteiger partial charge in [0, 0.05) is 19.3 Å². The Morgan fingerprint density at radius 1 is 1.38 bits per heavy atom. The first-order valence-corrected chi connectivity index (χ1v) is 6.92. The van der Waals surface area contributed by atoms with Crippen LogP contribution in [-0.4, -0.2) is 30.2 Å². The number of alkyl halides is 3. The molecule has 0 saturated heterocycles. The number of carbonyl (C=O) groups is 1. The van der Waals surface area contributed by atoms with E-state index in [9.17, 15) is 18.0 Å². The van der Waals surface area contributed by atoms with Gasteiger partial charge in [0.05, 0.1) is 11.5 Å². The van der Waals surface area contributed by atoms with E-state index >= 15 is 0 Å². The van der Waals surface area contributed by atoms with Gasteiger partial charge in [-0.2, -0.15) is 13.2 Å². The summed E-state index contributed by atoms with van der Waals surface area (Å²) in [6, 6.07) is 2.90. The van der Waals surface area contributed by atoms with Crippen LogP contribution in [0.25, 0.3) is 0 Å². The van der Waals surface area contributed by atoms with Crippen LogP contribution < -0.4 is 10.6 Å². The number of hydrogen-bond acceptors (Lipinski definition) is 3. The lowest BCUT2D eigenvalue weighted by atomic mass is 9.85. The molecule has 1 amide bonds. The van der Waals surface area contributed by atoms with Crippen molar-refractivity contribution in [3.8, 4) is 0 Å². The molecule has 1 aliphatic rings. The van der Waals surface area contributed by atoms with E-state index < -0.39 is 12.1 Å². The SMILES string of the molecule is CNC(=O)c1cccnc1NC1CCCC(C(F)(F)F)C1. The minimum Gasteiger partial charge on any atom is -0.367 e. The van der Waals surface area contributed by atoms with Crippen molar-refractivity contribution in [1.82, 2.24) is 10.3 Å². The van der Waals surface area contributed by atoms with E-state index in [4.69, 9.17) is 0 Å². The Hall–Kier alpha value is -1.79. The summed E-state index contributed by atoms with van der Waals surface area (Å²) in [4.78, 5) is 15.8. The van der Waals surface area contributed by atoms with Crippen LogP contribution in [-0.2, 0) is 0 Å².